The van der Waals surface area contributed by atoms with Crippen LogP contribution in [0.15, 0.2) is 45.8 Å². The lowest BCUT2D eigenvalue weighted by atomic mass is 10.0. The van der Waals surface area contributed by atoms with Gasteiger partial charge in [0, 0.05) is 27.5 Å². The SMILES string of the molecule is O=C(O)c1c[nH]c2cc(Cl)c(Cc3ccc(Br)cc3F)cc2c1=O. The molecule has 1 heterocycles. The van der Waals surface area contributed by atoms with Crippen molar-refractivity contribution in [3.05, 3.63) is 78.8 Å². The first-order valence-corrected chi connectivity index (χ1v) is 8.05. The minimum atomic E-state index is -1.31. The second-order valence-electron chi connectivity index (χ2n) is 5.24. The van der Waals surface area contributed by atoms with Crippen molar-refractivity contribution in [2.24, 2.45) is 0 Å². The standard InChI is InChI=1S/C17H10BrClFNO3/c18-10-2-1-8(14(20)5-10)3-9-4-11-15(6-13(9)19)21-7-12(16(11)22)17(23)24/h1-2,4-7H,3H2,(H,21,22)(H,23,24). The fourth-order valence-corrected chi connectivity index (χ4v) is 3.01. The van der Waals surface area contributed by atoms with Gasteiger partial charge in [-0.2, -0.15) is 0 Å². The van der Waals surface area contributed by atoms with E-state index in [4.69, 9.17) is 16.7 Å². The van der Waals surface area contributed by atoms with E-state index in [0.717, 1.165) is 6.20 Å². The lowest BCUT2D eigenvalue weighted by Crippen LogP contribution is -2.15. The first kappa shape index (κ1) is 16.7. The van der Waals surface area contributed by atoms with Gasteiger partial charge in [0.15, 0.2) is 0 Å². The van der Waals surface area contributed by atoms with Gasteiger partial charge in [0.25, 0.3) is 0 Å². The molecule has 2 N–H and O–H groups in total. The fraction of sp³-hybridized carbons (Fsp3) is 0.0588. The molecule has 7 heteroatoms. The molecule has 3 aromatic rings. The first-order chi connectivity index (χ1) is 11.4. The number of aromatic nitrogens is 1. The van der Waals surface area contributed by atoms with E-state index in [1.165, 1.54) is 18.2 Å². The normalized spacial score (nSPS) is 11.0. The van der Waals surface area contributed by atoms with Crippen molar-refractivity contribution in [1.82, 2.24) is 4.98 Å². The second kappa shape index (κ2) is 6.37. The van der Waals surface area contributed by atoms with Crippen LogP contribution in [-0.4, -0.2) is 16.1 Å². The summed E-state index contributed by atoms with van der Waals surface area (Å²) in [6, 6.07) is 7.72. The Morgan fingerprint density at radius 1 is 1.25 bits per heavy atom. The summed E-state index contributed by atoms with van der Waals surface area (Å²) in [6.07, 6.45) is 1.32. The number of aromatic carboxylic acids is 1. The van der Waals surface area contributed by atoms with E-state index in [0.29, 0.717) is 26.1 Å². The van der Waals surface area contributed by atoms with E-state index >= 15 is 0 Å². The van der Waals surface area contributed by atoms with Gasteiger partial charge in [-0.1, -0.05) is 33.6 Å². The van der Waals surface area contributed by atoms with Crippen LogP contribution in [0.1, 0.15) is 21.5 Å². The summed E-state index contributed by atoms with van der Waals surface area (Å²) in [7, 11) is 0. The summed E-state index contributed by atoms with van der Waals surface area (Å²) in [6.45, 7) is 0. The van der Waals surface area contributed by atoms with E-state index < -0.39 is 17.2 Å². The number of aromatic amines is 1. The molecule has 0 saturated heterocycles. The third-order valence-corrected chi connectivity index (χ3v) is 4.52. The molecule has 0 aliphatic carbocycles. The quantitative estimate of drug-likeness (QED) is 0.673. The number of nitrogens with one attached hydrogen (secondary N) is 1. The van der Waals surface area contributed by atoms with E-state index in [1.54, 1.807) is 12.1 Å². The first-order valence-electron chi connectivity index (χ1n) is 6.88. The molecule has 2 aromatic carbocycles. The summed E-state index contributed by atoms with van der Waals surface area (Å²) in [5, 5.41) is 9.61. The molecule has 0 bridgehead atoms. The molecule has 3 rings (SSSR count). The van der Waals surface area contributed by atoms with Crippen molar-refractivity contribution < 1.29 is 14.3 Å². The molecular weight excluding hydrogens is 401 g/mol. The number of hydrogen-bond acceptors (Lipinski definition) is 2. The summed E-state index contributed by atoms with van der Waals surface area (Å²) in [5.41, 5.74) is 0.426. The third kappa shape index (κ3) is 3.07. The van der Waals surface area contributed by atoms with Crippen LogP contribution in [0.3, 0.4) is 0 Å². The van der Waals surface area contributed by atoms with Crippen molar-refractivity contribution >= 4 is 44.4 Å². The van der Waals surface area contributed by atoms with Gasteiger partial charge in [0.2, 0.25) is 5.43 Å². The maximum Gasteiger partial charge on any atom is 0.341 e. The van der Waals surface area contributed by atoms with Crippen LogP contribution < -0.4 is 5.43 Å². The van der Waals surface area contributed by atoms with E-state index in [1.807, 2.05) is 0 Å². The Bertz CT molecular complexity index is 1030. The molecule has 0 spiro atoms. The zero-order valence-corrected chi connectivity index (χ0v) is 14.4. The molecule has 122 valence electrons. The van der Waals surface area contributed by atoms with E-state index in [2.05, 4.69) is 20.9 Å². The predicted molar refractivity (Wildman–Crippen MR) is 93.4 cm³/mol. The average molecular weight is 411 g/mol. The molecule has 4 nitrogen and oxygen atoms in total. The molecular formula is C17H10BrClFNO3. The van der Waals surface area contributed by atoms with Gasteiger partial charge in [0.05, 0.1) is 5.52 Å². The second-order valence-corrected chi connectivity index (χ2v) is 6.56. The number of fused-ring (bicyclic) bond motifs is 1. The van der Waals surface area contributed by atoms with Crippen molar-refractivity contribution in [2.75, 3.05) is 0 Å². The minimum Gasteiger partial charge on any atom is -0.477 e. The van der Waals surface area contributed by atoms with Crippen LogP contribution in [0, 0.1) is 5.82 Å². The highest BCUT2D eigenvalue weighted by molar-refractivity contribution is 9.10. The Hall–Kier alpha value is -2.18. The number of carbonyl (C=O) groups is 1. The van der Waals surface area contributed by atoms with Crippen molar-refractivity contribution in [1.29, 1.82) is 0 Å². The van der Waals surface area contributed by atoms with Crippen LogP contribution in [0.2, 0.25) is 5.02 Å². The van der Waals surface area contributed by atoms with Gasteiger partial charge in [-0.05, 0) is 35.4 Å². The lowest BCUT2D eigenvalue weighted by Gasteiger charge is -2.09. The molecule has 0 aliphatic heterocycles. The highest BCUT2D eigenvalue weighted by Crippen LogP contribution is 2.26. The van der Waals surface area contributed by atoms with Crippen LogP contribution in [-0.2, 0) is 6.42 Å². The molecule has 0 aliphatic rings. The molecule has 1 aromatic heterocycles. The molecule has 0 saturated carbocycles. The summed E-state index contributed by atoms with van der Waals surface area (Å²) >= 11 is 9.41. The minimum absolute atomic E-state index is 0.185. The highest BCUT2D eigenvalue weighted by Gasteiger charge is 2.14. The van der Waals surface area contributed by atoms with Gasteiger partial charge in [-0.15, -0.1) is 0 Å². The van der Waals surface area contributed by atoms with E-state index in [-0.39, 0.29) is 17.4 Å². The Kier molecular flexibility index (Phi) is 4.43. The number of benzene rings is 2. The molecule has 0 atom stereocenters. The zero-order valence-electron chi connectivity index (χ0n) is 12.1. The number of pyridine rings is 1. The maximum absolute atomic E-state index is 14.0. The Morgan fingerprint density at radius 3 is 2.67 bits per heavy atom. The monoisotopic (exact) mass is 409 g/mol. The number of carboxylic acids is 1. The number of carboxylic acid groups (broad SMARTS) is 1. The molecule has 0 radical (unpaired) electrons. The maximum atomic E-state index is 14.0. The Balaban J connectivity index is 2.14. The largest absolute Gasteiger partial charge is 0.477 e. The molecule has 24 heavy (non-hydrogen) atoms. The molecule has 0 fully saturated rings. The summed E-state index contributed by atoms with van der Waals surface area (Å²) in [5.74, 6) is -1.71. The lowest BCUT2D eigenvalue weighted by molar-refractivity contribution is 0.0695. The Labute approximate surface area is 149 Å². The van der Waals surface area contributed by atoms with Crippen LogP contribution in [0.5, 0.6) is 0 Å². The number of hydrogen-bond donors (Lipinski definition) is 2. The van der Waals surface area contributed by atoms with Gasteiger partial charge < -0.3 is 10.1 Å². The van der Waals surface area contributed by atoms with Gasteiger partial charge in [-0.25, -0.2) is 9.18 Å². The Morgan fingerprint density at radius 2 is 2.00 bits per heavy atom. The molecule has 0 amide bonds. The highest BCUT2D eigenvalue weighted by atomic mass is 79.9. The third-order valence-electron chi connectivity index (χ3n) is 3.67. The summed E-state index contributed by atoms with van der Waals surface area (Å²) in [4.78, 5) is 26.1. The number of rotatable bonds is 3. The number of H-pyrrole nitrogens is 1. The van der Waals surface area contributed by atoms with Crippen molar-refractivity contribution in [3.63, 3.8) is 0 Å². The van der Waals surface area contributed by atoms with Crippen LogP contribution in [0.4, 0.5) is 4.39 Å². The van der Waals surface area contributed by atoms with Crippen molar-refractivity contribution in [2.45, 2.75) is 6.42 Å². The van der Waals surface area contributed by atoms with Gasteiger partial charge in [-0.3, -0.25) is 4.79 Å². The van der Waals surface area contributed by atoms with Gasteiger partial charge in [0.1, 0.15) is 11.4 Å². The average Bonchev–Trinajstić information content (AvgIpc) is 2.51. The smallest absolute Gasteiger partial charge is 0.341 e. The predicted octanol–water partition coefficient (Wildman–Crippen LogP) is 4.37. The zero-order chi connectivity index (χ0) is 17.4. The van der Waals surface area contributed by atoms with E-state index in [9.17, 15) is 14.0 Å². The van der Waals surface area contributed by atoms with Gasteiger partial charge >= 0.3 is 5.97 Å². The topological polar surface area (TPSA) is 70.2 Å². The van der Waals surface area contributed by atoms with Crippen molar-refractivity contribution in [3.8, 4) is 0 Å². The number of halogens is 3. The fourth-order valence-electron chi connectivity index (χ4n) is 2.45. The van der Waals surface area contributed by atoms with Crippen LogP contribution in [0.25, 0.3) is 10.9 Å². The molecule has 0 unspecified atom stereocenters. The van der Waals surface area contributed by atoms with Crippen LogP contribution >= 0.6 is 27.5 Å². The summed E-state index contributed by atoms with van der Waals surface area (Å²) < 4.78 is 14.6.